The van der Waals surface area contributed by atoms with Crippen molar-refractivity contribution in [3.8, 4) is 0 Å². The highest BCUT2D eigenvalue weighted by Crippen LogP contribution is 2.13. The second kappa shape index (κ2) is 4.75. The first kappa shape index (κ1) is 11.5. The normalized spacial score (nSPS) is 11.9. The minimum atomic E-state index is -0.729. The number of nitrogens with zero attached hydrogens (tertiary/aromatic N) is 1. The number of esters is 1. The average Bonchev–Trinajstić information content (AvgIpc) is 2.17. The van der Waals surface area contributed by atoms with Gasteiger partial charge in [0.05, 0.1) is 10.5 Å². The molecular formula is C9H8ClNO4. The monoisotopic (exact) mass is 229 g/mol. The van der Waals surface area contributed by atoms with Crippen LogP contribution in [0.1, 0.15) is 17.3 Å². The Labute approximate surface area is 90.8 Å². The molecule has 1 atom stereocenters. The van der Waals surface area contributed by atoms with Gasteiger partial charge in [0.2, 0.25) is 0 Å². The predicted molar refractivity (Wildman–Crippen MR) is 53.8 cm³/mol. The van der Waals surface area contributed by atoms with Gasteiger partial charge in [-0.3, -0.25) is 10.1 Å². The van der Waals surface area contributed by atoms with E-state index in [9.17, 15) is 14.9 Å². The van der Waals surface area contributed by atoms with Crippen molar-refractivity contribution in [2.45, 2.75) is 12.5 Å². The molecule has 80 valence electrons. The summed E-state index contributed by atoms with van der Waals surface area (Å²) in [6, 6.07) is 5.10. The maximum atomic E-state index is 11.3. The number of benzene rings is 1. The van der Waals surface area contributed by atoms with Gasteiger partial charge in [0.25, 0.3) is 5.69 Å². The van der Waals surface area contributed by atoms with E-state index in [2.05, 4.69) is 0 Å². The number of ether oxygens (including phenoxy) is 1. The SMILES string of the molecule is CC(Cl)OC(=O)c1ccc([N+](=O)[O-])cc1. The average molecular weight is 230 g/mol. The van der Waals surface area contributed by atoms with E-state index in [1.165, 1.54) is 31.2 Å². The quantitative estimate of drug-likeness (QED) is 0.345. The third-order valence-electron chi connectivity index (χ3n) is 1.58. The van der Waals surface area contributed by atoms with Crippen molar-refractivity contribution in [1.29, 1.82) is 0 Å². The van der Waals surface area contributed by atoms with Crippen molar-refractivity contribution in [1.82, 2.24) is 0 Å². The summed E-state index contributed by atoms with van der Waals surface area (Å²) in [7, 11) is 0. The summed E-state index contributed by atoms with van der Waals surface area (Å²) in [4.78, 5) is 21.0. The molecule has 0 aliphatic heterocycles. The molecule has 0 fully saturated rings. The smallest absolute Gasteiger partial charge is 0.339 e. The molecule has 0 aromatic heterocycles. The summed E-state index contributed by atoms with van der Waals surface area (Å²) in [5, 5.41) is 10.3. The van der Waals surface area contributed by atoms with E-state index in [1.54, 1.807) is 0 Å². The molecule has 1 unspecified atom stereocenters. The maximum Gasteiger partial charge on any atom is 0.339 e. The number of non-ortho nitro benzene ring substituents is 1. The fourth-order valence-electron chi connectivity index (χ4n) is 0.935. The molecule has 0 saturated heterocycles. The summed E-state index contributed by atoms with van der Waals surface area (Å²) in [5.41, 5.74) is -0.578. The van der Waals surface area contributed by atoms with Crippen LogP contribution in [-0.2, 0) is 4.74 Å². The van der Waals surface area contributed by atoms with Crippen LogP contribution in [0.2, 0.25) is 0 Å². The molecule has 0 aliphatic carbocycles. The van der Waals surface area contributed by atoms with E-state index in [1.807, 2.05) is 0 Å². The van der Waals surface area contributed by atoms with Crippen LogP contribution in [0.4, 0.5) is 5.69 Å². The summed E-state index contributed by atoms with van der Waals surface area (Å²) in [6.45, 7) is 1.50. The fourth-order valence-corrected chi connectivity index (χ4v) is 1.02. The highest BCUT2D eigenvalue weighted by Gasteiger charge is 2.11. The Balaban J connectivity index is 2.80. The number of carbonyl (C=O) groups is 1. The van der Waals surface area contributed by atoms with Crippen LogP contribution in [0.15, 0.2) is 24.3 Å². The Morgan fingerprint density at radius 3 is 2.40 bits per heavy atom. The Kier molecular flexibility index (Phi) is 3.62. The Morgan fingerprint density at radius 2 is 2.00 bits per heavy atom. The lowest BCUT2D eigenvalue weighted by Gasteiger charge is -2.05. The van der Waals surface area contributed by atoms with Crippen molar-refractivity contribution in [3.63, 3.8) is 0 Å². The van der Waals surface area contributed by atoms with Crippen molar-refractivity contribution in [3.05, 3.63) is 39.9 Å². The minimum Gasteiger partial charge on any atom is -0.443 e. The van der Waals surface area contributed by atoms with Gasteiger partial charge in [0, 0.05) is 12.1 Å². The first-order valence-corrected chi connectivity index (χ1v) is 4.54. The molecule has 0 bridgehead atoms. The van der Waals surface area contributed by atoms with Crippen LogP contribution < -0.4 is 0 Å². The van der Waals surface area contributed by atoms with Gasteiger partial charge >= 0.3 is 5.97 Å². The molecular weight excluding hydrogens is 222 g/mol. The predicted octanol–water partition coefficient (Wildman–Crippen LogP) is 2.34. The molecule has 1 aromatic carbocycles. The van der Waals surface area contributed by atoms with Crippen LogP contribution in [0.5, 0.6) is 0 Å². The Bertz CT molecular complexity index is 374. The number of carbonyl (C=O) groups excluding carboxylic acids is 1. The zero-order valence-electron chi connectivity index (χ0n) is 7.84. The van der Waals surface area contributed by atoms with Crippen LogP contribution in [-0.4, -0.2) is 16.5 Å². The molecule has 0 saturated carbocycles. The van der Waals surface area contributed by atoms with Gasteiger partial charge in [0.15, 0.2) is 5.56 Å². The van der Waals surface area contributed by atoms with E-state index in [0.717, 1.165) is 0 Å². The van der Waals surface area contributed by atoms with Crippen molar-refractivity contribution in [2.75, 3.05) is 0 Å². The van der Waals surface area contributed by atoms with E-state index in [-0.39, 0.29) is 11.3 Å². The lowest BCUT2D eigenvalue weighted by Crippen LogP contribution is -2.09. The van der Waals surface area contributed by atoms with Crippen LogP contribution in [0.3, 0.4) is 0 Å². The van der Waals surface area contributed by atoms with Crippen LogP contribution in [0.25, 0.3) is 0 Å². The van der Waals surface area contributed by atoms with E-state index < -0.39 is 16.5 Å². The lowest BCUT2D eigenvalue weighted by molar-refractivity contribution is -0.384. The summed E-state index contributed by atoms with van der Waals surface area (Å²) in [5.74, 6) is -0.604. The summed E-state index contributed by atoms with van der Waals surface area (Å²) < 4.78 is 4.69. The first-order chi connectivity index (χ1) is 7.00. The highest BCUT2D eigenvalue weighted by atomic mass is 35.5. The number of hydrogen-bond acceptors (Lipinski definition) is 4. The molecule has 0 radical (unpaired) electrons. The number of nitro groups is 1. The fraction of sp³-hybridized carbons (Fsp3) is 0.222. The second-order valence-electron chi connectivity index (χ2n) is 2.75. The van der Waals surface area contributed by atoms with Gasteiger partial charge in [-0.25, -0.2) is 4.79 Å². The van der Waals surface area contributed by atoms with E-state index >= 15 is 0 Å². The standard InChI is InChI=1S/C9H8ClNO4/c1-6(10)15-9(12)7-2-4-8(5-3-7)11(13)14/h2-6H,1H3. The van der Waals surface area contributed by atoms with Crippen molar-refractivity contribution >= 4 is 23.3 Å². The molecule has 6 heteroatoms. The van der Waals surface area contributed by atoms with E-state index in [4.69, 9.17) is 16.3 Å². The van der Waals surface area contributed by atoms with Gasteiger partial charge in [-0.05, 0) is 19.1 Å². The summed E-state index contributed by atoms with van der Waals surface area (Å²) >= 11 is 5.45. The van der Waals surface area contributed by atoms with Crippen LogP contribution in [0, 0.1) is 10.1 Å². The molecule has 5 nitrogen and oxygen atoms in total. The first-order valence-electron chi connectivity index (χ1n) is 4.10. The molecule has 0 aliphatic rings. The van der Waals surface area contributed by atoms with Gasteiger partial charge in [-0.2, -0.15) is 0 Å². The number of halogens is 1. The van der Waals surface area contributed by atoms with Gasteiger partial charge in [0.1, 0.15) is 0 Å². The molecule has 0 heterocycles. The Morgan fingerprint density at radius 1 is 1.47 bits per heavy atom. The third-order valence-corrected chi connectivity index (χ3v) is 1.67. The maximum absolute atomic E-state index is 11.3. The lowest BCUT2D eigenvalue weighted by atomic mass is 10.2. The number of rotatable bonds is 3. The van der Waals surface area contributed by atoms with Gasteiger partial charge in [-0.1, -0.05) is 11.6 Å². The molecule has 0 spiro atoms. The number of nitro benzene ring substituents is 1. The number of hydrogen-bond donors (Lipinski definition) is 0. The molecule has 1 aromatic rings. The molecule has 15 heavy (non-hydrogen) atoms. The molecule has 0 amide bonds. The van der Waals surface area contributed by atoms with E-state index in [0.29, 0.717) is 0 Å². The summed E-state index contributed by atoms with van der Waals surface area (Å²) in [6.07, 6.45) is 0. The third kappa shape index (κ3) is 3.21. The zero-order chi connectivity index (χ0) is 11.4. The highest BCUT2D eigenvalue weighted by molar-refractivity contribution is 6.20. The molecule has 0 N–H and O–H groups in total. The zero-order valence-corrected chi connectivity index (χ0v) is 8.60. The topological polar surface area (TPSA) is 69.4 Å². The Hall–Kier alpha value is -1.62. The second-order valence-corrected chi connectivity index (χ2v) is 3.37. The largest absolute Gasteiger partial charge is 0.443 e. The van der Waals surface area contributed by atoms with Gasteiger partial charge in [-0.15, -0.1) is 0 Å². The number of alkyl halides is 1. The molecule has 1 rings (SSSR count). The van der Waals surface area contributed by atoms with Crippen molar-refractivity contribution < 1.29 is 14.5 Å². The minimum absolute atomic E-state index is 0.0783. The van der Waals surface area contributed by atoms with Crippen LogP contribution >= 0.6 is 11.6 Å². The van der Waals surface area contributed by atoms with Crippen molar-refractivity contribution in [2.24, 2.45) is 0 Å². The van der Waals surface area contributed by atoms with Gasteiger partial charge < -0.3 is 4.74 Å².